The summed E-state index contributed by atoms with van der Waals surface area (Å²) in [6.07, 6.45) is 4.87. The Morgan fingerprint density at radius 3 is 2.36 bits per heavy atom. The van der Waals surface area contributed by atoms with E-state index in [1.54, 1.807) is 0 Å². The first-order chi connectivity index (χ1) is 6.63. The maximum atomic E-state index is 11.7. The summed E-state index contributed by atoms with van der Waals surface area (Å²) in [5.74, 6) is 1.42. The van der Waals surface area contributed by atoms with Crippen molar-refractivity contribution in [2.45, 2.75) is 6.61 Å². The summed E-state index contributed by atoms with van der Waals surface area (Å²) in [6.45, 7) is -2.87. The number of halogens is 2. The van der Waals surface area contributed by atoms with Gasteiger partial charge in [-0.3, -0.25) is 4.79 Å². The maximum Gasteiger partial charge on any atom is 0.387 e. The highest BCUT2D eigenvalue weighted by atomic mass is 19.3. The van der Waals surface area contributed by atoms with E-state index in [-0.39, 0.29) is 11.3 Å². The average molecular weight is 196 g/mol. The zero-order valence-corrected chi connectivity index (χ0v) is 7.04. The molecule has 14 heavy (non-hydrogen) atoms. The normalized spacial score (nSPS) is 9.57. The third kappa shape index (κ3) is 2.56. The molecule has 0 aliphatic rings. The number of rotatable bonds is 3. The Balaban J connectivity index is 2.80. The van der Waals surface area contributed by atoms with Gasteiger partial charge in [0.15, 0.2) is 0 Å². The number of Topliss-reactive ketones (excluding diaryl/α,β-unsaturated/α-hetero) is 1. The molecular formula is C10H6F2O2. The lowest BCUT2D eigenvalue weighted by Gasteiger charge is -2.03. The molecule has 0 fully saturated rings. The van der Waals surface area contributed by atoms with Gasteiger partial charge in [0.1, 0.15) is 5.75 Å². The van der Waals surface area contributed by atoms with Crippen LogP contribution in [0.25, 0.3) is 0 Å². The zero-order valence-electron chi connectivity index (χ0n) is 7.04. The first kappa shape index (κ1) is 10.2. The van der Waals surface area contributed by atoms with Gasteiger partial charge in [0.25, 0.3) is 0 Å². The fourth-order valence-electron chi connectivity index (χ4n) is 0.871. The Kier molecular flexibility index (Phi) is 3.19. The summed E-state index contributed by atoms with van der Waals surface area (Å²) < 4.78 is 27.5. The van der Waals surface area contributed by atoms with Crippen LogP contribution in [0.5, 0.6) is 5.75 Å². The third-order valence-electron chi connectivity index (χ3n) is 1.47. The molecule has 0 amide bonds. The zero-order chi connectivity index (χ0) is 10.6. The number of terminal acetylenes is 1. The molecule has 0 heterocycles. The van der Waals surface area contributed by atoms with E-state index in [2.05, 4.69) is 4.74 Å². The number of ether oxygens (including phenoxy) is 1. The van der Waals surface area contributed by atoms with Crippen LogP contribution in [0.2, 0.25) is 0 Å². The van der Waals surface area contributed by atoms with Gasteiger partial charge < -0.3 is 4.74 Å². The van der Waals surface area contributed by atoms with Crippen LogP contribution >= 0.6 is 0 Å². The lowest BCUT2D eigenvalue weighted by molar-refractivity contribution is -0.0498. The smallest absolute Gasteiger partial charge is 0.387 e. The number of hydrogen-bond acceptors (Lipinski definition) is 2. The molecule has 2 nitrogen and oxygen atoms in total. The van der Waals surface area contributed by atoms with Gasteiger partial charge in [-0.25, -0.2) is 0 Å². The van der Waals surface area contributed by atoms with Crippen molar-refractivity contribution in [3.8, 4) is 18.1 Å². The van der Waals surface area contributed by atoms with E-state index in [9.17, 15) is 13.6 Å². The van der Waals surface area contributed by atoms with Crippen LogP contribution in [0.4, 0.5) is 8.78 Å². The molecule has 1 rings (SSSR count). The third-order valence-corrected chi connectivity index (χ3v) is 1.47. The Morgan fingerprint density at radius 1 is 1.36 bits per heavy atom. The molecular weight excluding hydrogens is 190 g/mol. The van der Waals surface area contributed by atoms with Crippen molar-refractivity contribution in [2.24, 2.45) is 0 Å². The molecule has 0 aliphatic heterocycles. The number of benzene rings is 1. The highest BCUT2D eigenvalue weighted by molar-refractivity contribution is 6.08. The summed E-state index contributed by atoms with van der Waals surface area (Å²) in [5, 5.41) is 0. The van der Waals surface area contributed by atoms with Crippen molar-refractivity contribution >= 4 is 5.78 Å². The molecule has 1 aromatic rings. The fraction of sp³-hybridized carbons (Fsp3) is 0.100. The highest BCUT2D eigenvalue weighted by Crippen LogP contribution is 2.14. The van der Waals surface area contributed by atoms with Crippen LogP contribution in [0.15, 0.2) is 24.3 Å². The van der Waals surface area contributed by atoms with E-state index >= 15 is 0 Å². The minimum atomic E-state index is -2.87. The van der Waals surface area contributed by atoms with Crippen LogP contribution in [0.3, 0.4) is 0 Å². The number of hydrogen-bond donors (Lipinski definition) is 0. The summed E-state index contributed by atoms with van der Waals surface area (Å²) in [6, 6.07) is 5.19. The summed E-state index contributed by atoms with van der Waals surface area (Å²) in [4.78, 5) is 10.9. The van der Waals surface area contributed by atoms with Crippen LogP contribution < -0.4 is 4.74 Å². The molecule has 0 aliphatic carbocycles. The van der Waals surface area contributed by atoms with Gasteiger partial charge in [-0.15, -0.1) is 6.42 Å². The average Bonchev–Trinajstić information content (AvgIpc) is 2.17. The van der Waals surface area contributed by atoms with Gasteiger partial charge in [0.05, 0.1) is 0 Å². The quantitative estimate of drug-likeness (QED) is 0.420. The van der Waals surface area contributed by atoms with Gasteiger partial charge in [0.2, 0.25) is 5.78 Å². The molecule has 1 aromatic carbocycles. The first-order valence-corrected chi connectivity index (χ1v) is 3.69. The van der Waals surface area contributed by atoms with Crippen LogP contribution in [0.1, 0.15) is 10.4 Å². The minimum absolute atomic E-state index is 0.00595. The van der Waals surface area contributed by atoms with Gasteiger partial charge in [-0.1, -0.05) is 0 Å². The molecule has 0 radical (unpaired) electrons. The summed E-state index contributed by atoms with van der Waals surface area (Å²) >= 11 is 0. The Morgan fingerprint density at radius 2 is 1.93 bits per heavy atom. The van der Waals surface area contributed by atoms with Gasteiger partial charge in [-0.05, 0) is 30.2 Å². The van der Waals surface area contributed by atoms with Crippen LogP contribution in [-0.2, 0) is 0 Å². The molecule has 0 spiro atoms. The minimum Gasteiger partial charge on any atom is -0.435 e. The second-order valence-corrected chi connectivity index (χ2v) is 2.38. The van der Waals surface area contributed by atoms with Gasteiger partial charge >= 0.3 is 6.61 Å². The predicted molar refractivity (Wildman–Crippen MR) is 46.2 cm³/mol. The Labute approximate surface area is 79.5 Å². The number of carbonyl (C=O) groups excluding carboxylic acids is 1. The highest BCUT2D eigenvalue weighted by Gasteiger charge is 2.05. The van der Waals surface area contributed by atoms with Gasteiger partial charge in [-0.2, -0.15) is 8.78 Å². The molecule has 0 bridgehead atoms. The van der Waals surface area contributed by atoms with Gasteiger partial charge in [0, 0.05) is 5.56 Å². The van der Waals surface area contributed by atoms with Crippen molar-refractivity contribution in [1.82, 2.24) is 0 Å². The largest absolute Gasteiger partial charge is 0.435 e. The van der Waals surface area contributed by atoms with Crippen LogP contribution in [-0.4, -0.2) is 12.4 Å². The number of alkyl halides is 2. The predicted octanol–water partition coefficient (Wildman–Crippen LogP) is 2.10. The standard InChI is InChI=1S/C10H6F2O2/c1-2-9(13)7-3-5-8(6-4-7)14-10(11)12/h1,3-6,10H. The van der Waals surface area contributed by atoms with Crippen molar-refractivity contribution in [1.29, 1.82) is 0 Å². The number of carbonyl (C=O) groups is 1. The van der Waals surface area contributed by atoms with E-state index in [0.29, 0.717) is 0 Å². The van der Waals surface area contributed by atoms with E-state index in [0.717, 1.165) is 0 Å². The van der Waals surface area contributed by atoms with E-state index in [4.69, 9.17) is 6.42 Å². The van der Waals surface area contributed by atoms with Crippen LogP contribution in [0, 0.1) is 12.3 Å². The summed E-state index contributed by atoms with van der Waals surface area (Å²) in [5.41, 5.74) is 0.272. The first-order valence-electron chi connectivity index (χ1n) is 3.69. The molecule has 72 valence electrons. The van der Waals surface area contributed by atoms with Crippen molar-refractivity contribution in [3.05, 3.63) is 29.8 Å². The second kappa shape index (κ2) is 4.38. The molecule has 4 heteroatoms. The topological polar surface area (TPSA) is 26.3 Å². The molecule has 0 saturated carbocycles. The summed E-state index contributed by atoms with van der Waals surface area (Å²) in [7, 11) is 0. The second-order valence-electron chi connectivity index (χ2n) is 2.38. The van der Waals surface area contributed by atoms with E-state index in [1.165, 1.54) is 24.3 Å². The molecule has 0 atom stereocenters. The van der Waals surface area contributed by atoms with Crippen molar-refractivity contribution in [2.75, 3.05) is 0 Å². The molecule has 0 unspecified atom stereocenters. The van der Waals surface area contributed by atoms with E-state index < -0.39 is 12.4 Å². The molecule has 0 N–H and O–H groups in total. The molecule has 0 aromatic heterocycles. The Bertz CT molecular complexity index is 363. The monoisotopic (exact) mass is 196 g/mol. The van der Waals surface area contributed by atoms with Crippen molar-refractivity contribution < 1.29 is 18.3 Å². The fourth-order valence-corrected chi connectivity index (χ4v) is 0.871. The number of ketones is 1. The lowest BCUT2D eigenvalue weighted by atomic mass is 10.1. The lowest BCUT2D eigenvalue weighted by Crippen LogP contribution is -2.02. The molecule has 0 saturated heterocycles. The maximum absolute atomic E-state index is 11.7. The van der Waals surface area contributed by atoms with E-state index in [1.807, 2.05) is 5.92 Å². The van der Waals surface area contributed by atoms with Crippen molar-refractivity contribution in [3.63, 3.8) is 0 Å². The Hall–Kier alpha value is -1.89. The SMILES string of the molecule is C#CC(=O)c1ccc(OC(F)F)cc1.